The van der Waals surface area contributed by atoms with E-state index in [0.717, 1.165) is 47.7 Å². The van der Waals surface area contributed by atoms with Crippen molar-refractivity contribution in [3.63, 3.8) is 0 Å². The molecule has 7 nitrogen and oxygen atoms in total. The van der Waals surface area contributed by atoms with Gasteiger partial charge in [-0.3, -0.25) is 4.72 Å². The van der Waals surface area contributed by atoms with Gasteiger partial charge in [-0.05, 0) is 85.7 Å². The van der Waals surface area contributed by atoms with Crippen molar-refractivity contribution in [1.82, 2.24) is 9.97 Å². The molecule has 0 aliphatic heterocycles. The molecule has 37 heavy (non-hydrogen) atoms. The van der Waals surface area contributed by atoms with Crippen molar-refractivity contribution in [3.05, 3.63) is 77.2 Å². The van der Waals surface area contributed by atoms with Gasteiger partial charge < -0.3 is 11.1 Å². The first-order valence-corrected chi connectivity index (χ1v) is 13.9. The molecule has 0 unspecified atom stereocenters. The van der Waals surface area contributed by atoms with E-state index in [0.29, 0.717) is 17.6 Å². The Labute approximate surface area is 220 Å². The molecule has 4 aromatic rings. The van der Waals surface area contributed by atoms with Gasteiger partial charge in [-0.15, -0.1) is 0 Å². The molecule has 1 aliphatic rings. The molecule has 5 rings (SSSR count). The monoisotopic (exact) mass is 539 g/mol. The molecule has 4 N–H and O–H groups in total. The van der Waals surface area contributed by atoms with Crippen LogP contribution in [0.1, 0.15) is 31.2 Å². The second-order valence-electron chi connectivity index (χ2n) is 9.41. The molecular weight excluding hydrogens is 513 g/mol. The van der Waals surface area contributed by atoms with Gasteiger partial charge in [-0.2, -0.15) is 0 Å². The summed E-state index contributed by atoms with van der Waals surface area (Å²) in [4.78, 5) is 9.04. The first kappa shape index (κ1) is 25.4. The predicted octanol–water partition coefficient (Wildman–Crippen LogP) is 5.88. The summed E-state index contributed by atoms with van der Waals surface area (Å²) in [6, 6.07) is 14.8. The number of halogens is 2. The number of rotatable bonds is 6. The van der Waals surface area contributed by atoms with E-state index < -0.39 is 15.8 Å². The maximum atomic E-state index is 15.0. The van der Waals surface area contributed by atoms with Gasteiger partial charge in [0.2, 0.25) is 5.95 Å². The van der Waals surface area contributed by atoms with Crippen LogP contribution in [0.25, 0.3) is 22.0 Å². The van der Waals surface area contributed by atoms with Gasteiger partial charge in [0.15, 0.2) is 0 Å². The van der Waals surface area contributed by atoms with Crippen molar-refractivity contribution in [2.75, 3.05) is 10.0 Å². The first-order valence-electron chi connectivity index (χ1n) is 12.1. The number of nitrogens with zero attached hydrogens (tertiary/aromatic N) is 2. The third-order valence-electron chi connectivity index (χ3n) is 6.68. The lowest BCUT2D eigenvalue weighted by Crippen LogP contribution is -2.33. The van der Waals surface area contributed by atoms with Crippen molar-refractivity contribution >= 4 is 44.2 Å². The van der Waals surface area contributed by atoms with Crippen LogP contribution in [0.4, 0.5) is 16.0 Å². The fourth-order valence-electron chi connectivity index (χ4n) is 4.64. The van der Waals surface area contributed by atoms with Crippen LogP contribution in [0.15, 0.2) is 65.7 Å². The Balaban J connectivity index is 1.38. The molecule has 0 radical (unpaired) electrons. The van der Waals surface area contributed by atoms with E-state index >= 15 is 4.39 Å². The summed E-state index contributed by atoms with van der Waals surface area (Å²) < 4.78 is 42.7. The van der Waals surface area contributed by atoms with Crippen LogP contribution < -0.4 is 15.8 Å². The standard InChI is InChI=1S/C27H27ClFN5O2S/c1-16-12-25-18(15-31-27(33-25)32-20-9-7-19(30)8-10-20)13-21(16)17-6-11-24(23(29)14-17)34-37(35,36)26-5-3-2-4-22(26)28/h2-6,11-15,19-20,34H,7-10,30H2,1H3,(H,31,32,33)/t19-,20-. The number of anilines is 2. The van der Waals surface area contributed by atoms with Gasteiger partial charge in [0.05, 0.1) is 16.2 Å². The van der Waals surface area contributed by atoms with E-state index in [2.05, 4.69) is 20.0 Å². The molecule has 1 aliphatic carbocycles. The average Bonchev–Trinajstić information content (AvgIpc) is 2.86. The van der Waals surface area contributed by atoms with Gasteiger partial charge in [0.1, 0.15) is 10.7 Å². The number of benzene rings is 3. The molecule has 1 aromatic heterocycles. The van der Waals surface area contributed by atoms with Crippen LogP contribution in [0, 0.1) is 12.7 Å². The molecule has 10 heteroatoms. The highest BCUT2D eigenvalue weighted by Crippen LogP contribution is 2.32. The van der Waals surface area contributed by atoms with Crippen LogP contribution in [0.3, 0.4) is 0 Å². The zero-order valence-electron chi connectivity index (χ0n) is 20.2. The maximum absolute atomic E-state index is 15.0. The molecule has 1 fully saturated rings. The van der Waals surface area contributed by atoms with Gasteiger partial charge in [-0.1, -0.05) is 29.8 Å². The van der Waals surface area contributed by atoms with Crippen LogP contribution in [0.5, 0.6) is 0 Å². The van der Waals surface area contributed by atoms with E-state index in [4.69, 9.17) is 17.3 Å². The summed E-state index contributed by atoms with van der Waals surface area (Å²) in [5.74, 6) is -0.114. The molecular formula is C27H27ClFN5O2S. The van der Waals surface area contributed by atoms with Crippen molar-refractivity contribution < 1.29 is 12.8 Å². The zero-order chi connectivity index (χ0) is 26.2. The van der Waals surface area contributed by atoms with Crippen LogP contribution in [0.2, 0.25) is 5.02 Å². The van der Waals surface area contributed by atoms with Crippen molar-refractivity contribution in [2.45, 2.75) is 49.6 Å². The summed E-state index contributed by atoms with van der Waals surface area (Å²) in [6.45, 7) is 1.93. The van der Waals surface area contributed by atoms with E-state index in [-0.39, 0.29) is 21.6 Å². The lowest BCUT2D eigenvalue weighted by molar-refractivity contribution is 0.410. The average molecular weight is 540 g/mol. The van der Waals surface area contributed by atoms with Gasteiger partial charge in [0.25, 0.3) is 10.0 Å². The highest BCUT2D eigenvalue weighted by atomic mass is 35.5. The Kier molecular flexibility index (Phi) is 7.02. The summed E-state index contributed by atoms with van der Waals surface area (Å²) in [5.41, 5.74) is 8.95. The smallest absolute Gasteiger partial charge is 0.263 e. The molecule has 1 heterocycles. The number of fused-ring (bicyclic) bond motifs is 1. The molecule has 0 atom stereocenters. The van der Waals surface area contributed by atoms with Crippen LogP contribution in [-0.2, 0) is 10.0 Å². The number of hydrogen-bond acceptors (Lipinski definition) is 6. The van der Waals surface area contributed by atoms with Crippen molar-refractivity contribution in [1.29, 1.82) is 0 Å². The van der Waals surface area contributed by atoms with Crippen LogP contribution >= 0.6 is 11.6 Å². The third kappa shape index (κ3) is 5.53. The minimum absolute atomic E-state index is 0.0577. The zero-order valence-corrected chi connectivity index (χ0v) is 21.8. The number of sulfonamides is 1. The van der Waals surface area contributed by atoms with E-state index in [1.54, 1.807) is 24.4 Å². The molecule has 192 valence electrons. The van der Waals surface area contributed by atoms with Gasteiger partial charge in [0, 0.05) is 23.7 Å². The Bertz CT molecular complexity index is 1570. The second-order valence-corrected chi connectivity index (χ2v) is 11.5. The number of aryl methyl sites for hydroxylation is 1. The van der Waals surface area contributed by atoms with Gasteiger partial charge >= 0.3 is 0 Å². The minimum Gasteiger partial charge on any atom is -0.351 e. The Hall–Kier alpha value is -3.27. The lowest BCUT2D eigenvalue weighted by Gasteiger charge is -2.26. The second kappa shape index (κ2) is 10.2. The van der Waals surface area contributed by atoms with Crippen molar-refractivity contribution in [2.24, 2.45) is 5.73 Å². The molecule has 0 saturated heterocycles. The highest BCUT2D eigenvalue weighted by molar-refractivity contribution is 7.92. The number of nitrogens with one attached hydrogen (secondary N) is 2. The summed E-state index contributed by atoms with van der Waals surface area (Å²) in [6.07, 6.45) is 5.73. The normalized spacial score (nSPS) is 18.1. The SMILES string of the molecule is Cc1cc2nc(N[C@H]3CC[C@H](N)CC3)ncc2cc1-c1ccc(NS(=O)(=O)c2ccccc2Cl)c(F)c1. The fraction of sp³-hybridized carbons (Fsp3) is 0.259. The highest BCUT2D eigenvalue weighted by Gasteiger charge is 2.21. The van der Waals surface area contributed by atoms with Crippen LogP contribution in [-0.4, -0.2) is 30.5 Å². The summed E-state index contributed by atoms with van der Waals surface area (Å²) >= 11 is 6.02. The summed E-state index contributed by atoms with van der Waals surface area (Å²) in [7, 11) is -4.05. The Morgan fingerprint density at radius 2 is 1.81 bits per heavy atom. The molecule has 0 spiro atoms. The Morgan fingerprint density at radius 1 is 1.05 bits per heavy atom. The Morgan fingerprint density at radius 3 is 2.54 bits per heavy atom. The van der Waals surface area contributed by atoms with E-state index in [1.165, 1.54) is 24.3 Å². The van der Waals surface area contributed by atoms with Crippen molar-refractivity contribution in [3.8, 4) is 11.1 Å². The molecule has 3 aromatic carbocycles. The number of nitrogens with two attached hydrogens (primary N) is 1. The predicted molar refractivity (Wildman–Crippen MR) is 146 cm³/mol. The lowest BCUT2D eigenvalue weighted by atomic mass is 9.92. The van der Waals surface area contributed by atoms with E-state index in [9.17, 15) is 8.42 Å². The minimum atomic E-state index is -4.05. The van der Waals surface area contributed by atoms with Gasteiger partial charge in [-0.25, -0.2) is 22.8 Å². The fourth-order valence-corrected chi connectivity index (χ4v) is 6.23. The molecule has 0 amide bonds. The van der Waals surface area contributed by atoms with E-state index in [1.807, 2.05) is 19.1 Å². The number of aromatic nitrogens is 2. The maximum Gasteiger partial charge on any atom is 0.263 e. The number of hydrogen-bond donors (Lipinski definition) is 3. The topological polar surface area (TPSA) is 110 Å². The molecule has 1 saturated carbocycles. The summed E-state index contributed by atoms with van der Waals surface area (Å²) in [5, 5.41) is 4.29. The third-order valence-corrected chi connectivity index (χ3v) is 8.55. The molecule has 0 bridgehead atoms. The first-order chi connectivity index (χ1) is 17.7. The quantitative estimate of drug-likeness (QED) is 0.282. The largest absolute Gasteiger partial charge is 0.351 e.